The van der Waals surface area contributed by atoms with Crippen molar-refractivity contribution in [1.29, 1.82) is 0 Å². The third kappa shape index (κ3) is 2.07. The van der Waals surface area contributed by atoms with Crippen LogP contribution < -0.4 is 5.46 Å². The van der Waals surface area contributed by atoms with E-state index in [1.165, 1.54) is 6.07 Å². The number of phenols is 2. The average molecular weight is 275 g/mol. The van der Waals surface area contributed by atoms with Crippen molar-refractivity contribution in [3.63, 3.8) is 0 Å². The summed E-state index contributed by atoms with van der Waals surface area (Å²) < 4.78 is 0.781. The molecule has 0 fully saturated rings. The lowest BCUT2D eigenvalue weighted by atomic mass is 9.92. The zero-order valence-electron chi connectivity index (χ0n) is 8.31. The molecule has 0 amide bonds. The molecule has 2 aromatic carbocycles. The quantitative estimate of drug-likeness (QED) is 0.784. The Morgan fingerprint density at radius 3 is 2.00 bits per heavy atom. The van der Waals surface area contributed by atoms with Gasteiger partial charge in [0.25, 0.3) is 0 Å². The van der Waals surface area contributed by atoms with Gasteiger partial charge in [0.2, 0.25) is 0 Å². The maximum Gasteiger partial charge on any atom is 0.124 e. The van der Waals surface area contributed by atoms with Crippen LogP contribution in [0.5, 0.6) is 11.5 Å². The first-order valence-corrected chi connectivity index (χ1v) is 5.44. The van der Waals surface area contributed by atoms with Gasteiger partial charge in [-0.15, -0.1) is 0 Å². The second-order valence-corrected chi connectivity index (χ2v) is 4.35. The fourth-order valence-corrected chi connectivity index (χ4v) is 1.86. The van der Waals surface area contributed by atoms with E-state index >= 15 is 0 Å². The molecule has 2 nitrogen and oxygen atoms in total. The molecule has 0 atom stereocenters. The van der Waals surface area contributed by atoms with E-state index in [4.69, 9.17) is 7.85 Å². The molecule has 2 radical (unpaired) electrons. The summed E-state index contributed by atoms with van der Waals surface area (Å²) in [7, 11) is 5.54. The van der Waals surface area contributed by atoms with Crippen molar-refractivity contribution in [3.05, 3.63) is 40.9 Å². The lowest BCUT2D eigenvalue weighted by Gasteiger charge is -2.08. The fraction of sp³-hybridized carbons (Fsp3) is 0. The number of benzene rings is 2. The third-order valence-corrected chi connectivity index (χ3v) is 2.76. The van der Waals surface area contributed by atoms with Crippen molar-refractivity contribution >= 4 is 29.2 Å². The van der Waals surface area contributed by atoms with Gasteiger partial charge in [-0.1, -0.05) is 33.5 Å². The van der Waals surface area contributed by atoms with Crippen molar-refractivity contribution < 1.29 is 10.2 Å². The minimum Gasteiger partial charge on any atom is -0.507 e. The number of rotatable bonds is 1. The predicted octanol–water partition coefficient (Wildman–Crippen LogP) is 2.32. The van der Waals surface area contributed by atoms with Gasteiger partial charge in [-0.3, -0.25) is 0 Å². The molecule has 0 saturated heterocycles. The van der Waals surface area contributed by atoms with Crippen LogP contribution in [-0.2, 0) is 0 Å². The number of hydrogen-bond acceptors (Lipinski definition) is 2. The molecule has 0 aliphatic carbocycles. The SMILES string of the molecule is [B]c1ccc(-c2ccc(Br)cc2O)c(O)c1. The summed E-state index contributed by atoms with van der Waals surface area (Å²) in [5, 5.41) is 19.5. The van der Waals surface area contributed by atoms with Crippen LogP contribution in [-0.4, -0.2) is 18.1 Å². The van der Waals surface area contributed by atoms with Crippen LogP contribution in [0.1, 0.15) is 0 Å². The monoisotopic (exact) mass is 274 g/mol. The number of hydrogen-bond donors (Lipinski definition) is 2. The van der Waals surface area contributed by atoms with Crippen LogP contribution >= 0.6 is 15.9 Å². The van der Waals surface area contributed by atoms with Crippen molar-refractivity contribution in [1.82, 2.24) is 0 Å². The zero-order valence-corrected chi connectivity index (χ0v) is 9.90. The molecule has 2 N–H and O–H groups in total. The Labute approximate surface area is 103 Å². The van der Waals surface area contributed by atoms with Gasteiger partial charge in [-0.25, -0.2) is 0 Å². The highest BCUT2D eigenvalue weighted by atomic mass is 79.9. The summed E-state index contributed by atoms with van der Waals surface area (Å²) >= 11 is 3.26. The summed E-state index contributed by atoms with van der Waals surface area (Å²) in [5.74, 6) is 0.159. The normalized spacial score (nSPS) is 10.3. The second-order valence-electron chi connectivity index (χ2n) is 3.44. The molecule has 0 bridgehead atoms. The molecule has 0 aromatic heterocycles. The summed E-state index contributed by atoms with van der Waals surface area (Å²) in [6, 6.07) is 9.90. The fourth-order valence-electron chi connectivity index (χ4n) is 1.51. The Morgan fingerprint density at radius 2 is 1.44 bits per heavy atom. The minimum absolute atomic E-state index is 0.0534. The molecule has 4 heteroatoms. The highest BCUT2D eigenvalue weighted by Gasteiger charge is 2.08. The van der Waals surface area contributed by atoms with Crippen LogP contribution in [0, 0.1) is 0 Å². The van der Waals surface area contributed by atoms with E-state index in [0.717, 1.165) is 4.47 Å². The van der Waals surface area contributed by atoms with Gasteiger partial charge in [0.05, 0.1) is 0 Å². The van der Waals surface area contributed by atoms with Gasteiger partial charge in [0.15, 0.2) is 0 Å². The van der Waals surface area contributed by atoms with Crippen molar-refractivity contribution in [3.8, 4) is 22.6 Å². The maximum atomic E-state index is 9.77. The second kappa shape index (κ2) is 4.22. The molecule has 2 rings (SSSR count). The Morgan fingerprint density at radius 1 is 0.875 bits per heavy atom. The first kappa shape index (κ1) is 11.1. The molecule has 0 heterocycles. The van der Waals surface area contributed by atoms with Crippen LogP contribution in [0.25, 0.3) is 11.1 Å². The molecule has 16 heavy (non-hydrogen) atoms. The van der Waals surface area contributed by atoms with E-state index in [9.17, 15) is 10.2 Å². The molecule has 0 unspecified atom stereocenters. The van der Waals surface area contributed by atoms with Gasteiger partial charge in [-0.05, 0) is 24.3 Å². The summed E-state index contributed by atoms with van der Waals surface area (Å²) in [4.78, 5) is 0. The topological polar surface area (TPSA) is 40.5 Å². The minimum atomic E-state index is 0.0534. The molecule has 2 aromatic rings. The summed E-state index contributed by atoms with van der Waals surface area (Å²) in [6.07, 6.45) is 0. The van der Waals surface area contributed by atoms with Crippen molar-refractivity contribution in [2.45, 2.75) is 0 Å². The van der Waals surface area contributed by atoms with Crippen LogP contribution in [0.4, 0.5) is 0 Å². The van der Waals surface area contributed by atoms with Gasteiger partial charge in [0, 0.05) is 15.6 Å². The lowest BCUT2D eigenvalue weighted by molar-refractivity contribution is 0.469. The molecular formula is C12H8BBrO2. The highest BCUT2D eigenvalue weighted by molar-refractivity contribution is 9.10. The van der Waals surface area contributed by atoms with Crippen LogP contribution in [0.2, 0.25) is 0 Å². The summed E-state index contributed by atoms with van der Waals surface area (Å²) in [6.45, 7) is 0. The molecule has 0 spiro atoms. The van der Waals surface area contributed by atoms with Gasteiger partial charge in [-0.2, -0.15) is 0 Å². The average Bonchev–Trinajstić information content (AvgIpc) is 2.19. The smallest absolute Gasteiger partial charge is 0.124 e. The standard InChI is InChI=1S/C12H8BBrO2/c13-7-1-3-9(11(15)5-7)10-4-2-8(14)6-12(10)16/h1-6,15-16H. The van der Waals surface area contributed by atoms with Gasteiger partial charge >= 0.3 is 0 Å². The number of aromatic hydroxyl groups is 2. The molecular weight excluding hydrogens is 267 g/mol. The van der Waals surface area contributed by atoms with E-state index in [0.29, 0.717) is 16.6 Å². The maximum absolute atomic E-state index is 9.77. The predicted molar refractivity (Wildman–Crippen MR) is 68.3 cm³/mol. The first-order chi connectivity index (χ1) is 7.58. The van der Waals surface area contributed by atoms with E-state index in [2.05, 4.69) is 15.9 Å². The Kier molecular flexibility index (Phi) is 2.92. The number of halogens is 1. The third-order valence-electron chi connectivity index (χ3n) is 2.27. The van der Waals surface area contributed by atoms with Crippen molar-refractivity contribution in [2.75, 3.05) is 0 Å². The van der Waals surface area contributed by atoms with E-state index in [-0.39, 0.29) is 11.5 Å². The highest BCUT2D eigenvalue weighted by Crippen LogP contribution is 2.35. The summed E-state index contributed by atoms with van der Waals surface area (Å²) in [5.41, 5.74) is 1.61. The first-order valence-electron chi connectivity index (χ1n) is 4.65. The largest absolute Gasteiger partial charge is 0.507 e. The number of phenolic OH excluding ortho intramolecular Hbond substituents is 2. The Balaban J connectivity index is 2.59. The van der Waals surface area contributed by atoms with Gasteiger partial charge < -0.3 is 10.2 Å². The van der Waals surface area contributed by atoms with E-state index in [1.807, 2.05) is 0 Å². The Hall–Kier alpha value is -1.42. The molecule has 0 aliphatic rings. The zero-order chi connectivity index (χ0) is 11.7. The Bertz CT molecular complexity index is 491. The molecule has 78 valence electrons. The van der Waals surface area contributed by atoms with Gasteiger partial charge in [0.1, 0.15) is 19.3 Å². The van der Waals surface area contributed by atoms with E-state index in [1.54, 1.807) is 30.3 Å². The van der Waals surface area contributed by atoms with Crippen LogP contribution in [0.3, 0.4) is 0 Å². The molecule has 0 saturated carbocycles. The lowest BCUT2D eigenvalue weighted by Crippen LogP contribution is -2.00. The van der Waals surface area contributed by atoms with Crippen molar-refractivity contribution in [2.24, 2.45) is 0 Å². The molecule has 0 aliphatic heterocycles. The van der Waals surface area contributed by atoms with E-state index < -0.39 is 0 Å². The van der Waals surface area contributed by atoms with Crippen LogP contribution in [0.15, 0.2) is 40.9 Å².